The topological polar surface area (TPSA) is 77.3 Å². The zero-order valence-corrected chi connectivity index (χ0v) is 37.9. The van der Waals surface area contributed by atoms with Crippen molar-refractivity contribution in [2.24, 2.45) is 5.92 Å². The number of ether oxygens (including phenoxy) is 4. The highest BCUT2D eigenvalue weighted by atomic mass is 16.6. The van der Waals surface area contributed by atoms with Gasteiger partial charge in [-0.15, -0.1) is 0 Å². The minimum absolute atomic E-state index is 0.0251. The predicted molar refractivity (Wildman–Crippen MR) is 245 cm³/mol. The first-order chi connectivity index (χ1) is 28.9. The highest BCUT2D eigenvalue weighted by Gasteiger charge is 2.42. The Balaban J connectivity index is 0.999. The number of hydrogen-bond donors (Lipinski definition) is 0. The molecule has 0 N–H and O–H groups in total. The highest BCUT2D eigenvalue weighted by molar-refractivity contribution is 6.03. The lowest BCUT2D eigenvalue weighted by molar-refractivity contribution is -0.401. The van der Waals surface area contributed by atoms with Crippen LogP contribution in [0.3, 0.4) is 0 Å². The van der Waals surface area contributed by atoms with Crippen LogP contribution in [-0.4, -0.2) is 88.3 Å². The van der Waals surface area contributed by atoms with Crippen molar-refractivity contribution in [1.29, 1.82) is 0 Å². The lowest BCUT2D eigenvalue weighted by Crippen LogP contribution is -2.27. The lowest BCUT2D eigenvalue weighted by Gasteiger charge is -2.27. The fraction of sp³-hybridized carbons (Fsp3) is 0.558. The predicted octanol–water partition coefficient (Wildman–Crippen LogP) is 10.6. The Labute approximate surface area is 361 Å². The summed E-state index contributed by atoms with van der Waals surface area (Å²) in [6.45, 7) is 18.1. The molecule has 0 unspecified atom stereocenters. The Morgan fingerprint density at radius 2 is 1.33 bits per heavy atom. The van der Waals surface area contributed by atoms with Gasteiger partial charge in [0.05, 0.1) is 51.7 Å². The van der Waals surface area contributed by atoms with Crippen LogP contribution in [0.2, 0.25) is 0 Å². The molecule has 0 fully saturated rings. The average molecular weight is 822 g/mol. The van der Waals surface area contributed by atoms with E-state index >= 15 is 0 Å². The van der Waals surface area contributed by atoms with Gasteiger partial charge >= 0.3 is 0 Å². The average Bonchev–Trinajstić information content (AvgIpc) is 3.57. The third-order valence-corrected chi connectivity index (χ3v) is 12.3. The van der Waals surface area contributed by atoms with Crippen LogP contribution >= 0.6 is 0 Å². The van der Waals surface area contributed by atoms with E-state index in [1.807, 2.05) is 13.8 Å². The van der Waals surface area contributed by atoms with Gasteiger partial charge in [-0.05, 0) is 81.2 Å². The van der Waals surface area contributed by atoms with Crippen molar-refractivity contribution in [2.75, 3.05) is 71.3 Å². The number of Topliss-reactive ketones (excluding diaryl/α,β-unsaturated/α-hetero) is 2. The van der Waals surface area contributed by atoms with Crippen LogP contribution in [-0.2, 0) is 39.4 Å². The standard InChI is InChI=1S/C52H73N2O6/c1-40(2)48(56)29-32-58-34-36-60-38-37-59-35-33-57-31-16-20-43(55)19-9-8-14-30-54-47-24-13-11-22-45(47)52(5,6)50(54)28-26-42-18-15-17-41(39-42)25-27-49-51(3,4)44-21-10-12-23-46(44)53(49)7/h10-13,21-28,39-40H,8-9,14-20,29-38H2,1-7H3/q+1. The van der Waals surface area contributed by atoms with Crippen LogP contribution < -0.4 is 4.90 Å². The van der Waals surface area contributed by atoms with Crippen LogP contribution in [0.4, 0.5) is 11.4 Å². The number of benzene rings is 2. The number of allylic oxidation sites excluding steroid dienone is 8. The Morgan fingerprint density at radius 3 is 2.03 bits per heavy atom. The molecule has 0 saturated heterocycles. The summed E-state index contributed by atoms with van der Waals surface area (Å²) in [5.74, 6) is 0.597. The van der Waals surface area contributed by atoms with Gasteiger partial charge in [0.15, 0.2) is 5.71 Å². The maximum atomic E-state index is 12.6. The number of nitrogens with zero attached hydrogens (tertiary/aromatic N) is 2. The second kappa shape index (κ2) is 23.3. The first-order valence-electron chi connectivity index (χ1n) is 22.6. The lowest BCUT2D eigenvalue weighted by atomic mass is 9.81. The molecule has 2 heterocycles. The number of hydrogen-bond acceptors (Lipinski definition) is 7. The van der Waals surface area contributed by atoms with E-state index in [0.29, 0.717) is 77.9 Å². The summed E-state index contributed by atoms with van der Waals surface area (Å²) >= 11 is 0. The summed E-state index contributed by atoms with van der Waals surface area (Å²) in [6, 6.07) is 17.6. The second-order valence-electron chi connectivity index (χ2n) is 17.9. The second-order valence-corrected chi connectivity index (χ2v) is 17.9. The normalized spacial score (nSPS) is 18.3. The van der Waals surface area contributed by atoms with E-state index in [4.69, 9.17) is 18.9 Å². The molecule has 5 rings (SSSR count). The van der Waals surface area contributed by atoms with Gasteiger partial charge in [-0.25, -0.2) is 0 Å². The Bertz CT molecular complexity index is 1900. The molecule has 0 amide bonds. The Hall–Kier alpha value is -3.95. The number of carbonyl (C=O) groups excluding carboxylic acids is 2. The van der Waals surface area contributed by atoms with Crippen molar-refractivity contribution in [3.05, 3.63) is 107 Å². The van der Waals surface area contributed by atoms with Gasteiger partial charge in [0, 0.05) is 72.8 Å². The Morgan fingerprint density at radius 1 is 0.700 bits per heavy atom. The van der Waals surface area contributed by atoms with E-state index in [1.54, 1.807) is 0 Å². The van der Waals surface area contributed by atoms with Gasteiger partial charge in [0.1, 0.15) is 18.6 Å². The molecule has 1 aliphatic carbocycles. The molecular formula is C52H73N2O6+. The number of ketones is 2. The molecule has 0 radical (unpaired) electrons. The zero-order valence-electron chi connectivity index (χ0n) is 37.9. The molecule has 2 aromatic carbocycles. The van der Waals surface area contributed by atoms with Gasteiger partial charge in [0.25, 0.3) is 0 Å². The molecule has 8 heteroatoms. The molecule has 0 atom stereocenters. The van der Waals surface area contributed by atoms with Gasteiger partial charge in [-0.2, -0.15) is 4.58 Å². The summed E-state index contributed by atoms with van der Waals surface area (Å²) in [6.07, 6.45) is 20.6. The third kappa shape index (κ3) is 13.0. The summed E-state index contributed by atoms with van der Waals surface area (Å²) in [5, 5.41) is 0. The summed E-state index contributed by atoms with van der Waals surface area (Å²) in [7, 11) is 2.19. The molecule has 326 valence electrons. The minimum Gasteiger partial charge on any atom is -0.379 e. The molecule has 8 nitrogen and oxygen atoms in total. The smallest absolute Gasteiger partial charge is 0.209 e. The molecule has 0 spiro atoms. The van der Waals surface area contributed by atoms with Gasteiger partial charge in [-0.1, -0.05) is 88.7 Å². The van der Waals surface area contributed by atoms with Crippen molar-refractivity contribution >= 4 is 28.7 Å². The number of anilines is 1. The summed E-state index contributed by atoms with van der Waals surface area (Å²) < 4.78 is 24.5. The summed E-state index contributed by atoms with van der Waals surface area (Å²) in [5.41, 5.74) is 10.7. The summed E-state index contributed by atoms with van der Waals surface area (Å²) in [4.78, 5) is 26.7. The highest BCUT2D eigenvalue weighted by Crippen LogP contribution is 2.48. The van der Waals surface area contributed by atoms with Crippen LogP contribution in [0.1, 0.15) is 117 Å². The van der Waals surface area contributed by atoms with Crippen molar-refractivity contribution in [2.45, 2.75) is 117 Å². The number of fused-ring (bicyclic) bond motifs is 2. The Kier molecular flexibility index (Phi) is 18.3. The molecule has 60 heavy (non-hydrogen) atoms. The molecular weight excluding hydrogens is 749 g/mol. The van der Waals surface area contributed by atoms with Crippen LogP contribution in [0.25, 0.3) is 0 Å². The van der Waals surface area contributed by atoms with Crippen molar-refractivity contribution < 1.29 is 33.1 Å². The molecule has 0 aromatic heterocycles. The maximum Gasteiger partial charge on any atom is 0.209 e. The van der Waals surface area contributed by atoms with Gasteiger partial charge in [0.2, 0.25) is 5.69 Å². The molecule has 2 aromatic rings. The fourth-order valence-corrected chi connectivity index (χ4v) is 8.69. The third-order valence-electron chi connectivity index (χ3n) is 12.3. The molecule has 3 aliphatic rings. The van der Waals surface area contributed by atoms with Gasteiger partial charge in [-0.3, -0.25) is 9.59 Å². The minimum atomic E-state index is -0.0925. The van der Waals surface area contributed by atoms with Crippen LogP contribution in [0.5, 0.6) is 0 Å². The van der Waals surface area contributed by atoms with E-state index in [-0.39, 0.29) is 22.5 Å². The monoisotopic (exact) mass is 822 g/mol. The first-order valence-corrected chi connectivity index (χ1v) is 22.6. The van der Waals surface area contributed by atoms with Crippen molar-refractivity contribution in [1.82, 2.24) is 0 Å². The fourth-order valence-electron chi connectivity index (χ4n) is 8.69. The number of para-hydroxylation sites is 2. The van der Waals surface area contributed by atoms with E-state index in [0.717, 1.165) is 51.5 Å². The van der Waals surface area contributed by atoms with E-state index in [2.05, 4.69) is 123 Å². The van der Waals surface area contributed by atoms with E-state index < -0.39 is 0 Å². The molecule has 0 bridgehead atoms. The number of unbranched alkanes of at least 4 members (excludes halogenated alkanes) is 2. The zero-order chi connectivity index (χ0) is 43.0. The first kappa shape index (κ1) is 47.1. The van der Waals surface area contributed by atoms with Crippen LogP contribution in [0, 0.1) is 5.92 Å². The van der Waals surface area contributed by atoms with Crippen molar-refractivity contribution in [3.63, 3.8) is 0 Å². The van der Waals surface area contributed by atoms with Crippen LogP contribution in [0.15, 0.2) is 95.8 Å². The van der Waals surface area contributed by atoms with E-state index in [9.17, 15) is 9.59 Å². The van der Waals surface area contributed by atoms with E-state index in [1.165, 1.54) is 45.1 Å². The largest absolute Gasteiger partial charge is 0.379 e. The molecule has 2 aliphatic heterocycles. The maximum absolute atomic E-state index is 12.6. The van der Waals surface area contributed by atoms with Crippen molar-refractivity contribution in [3.8, 4) is 0 Å². The number of rotatable bonds is 26. The quantitative estimate of drug-likeness (QED) is 0.0691. The van der Waals surface area contributed by atoms with Gasteiger partial charge < -0.3 is 23.8 Å². The number of carbonyl (C=O) groups is 2. The molecule has 0 saturated carbocycles. The SMILES string of the molecule is CC(C)C(=O)CCOCCOCCOCCOCCCC(=O)CCCCCN1/C(=C/C=C2C=C(/C=C/C3=[N+](C)c4ccccc4C3(C)C)CCC/2)C(C)(C)c2ccccc21.